The number of unbranched alkanes of at least 4 members (excludes halogenated alkanes) is 4. The van der Waals surface area contributed by atoms with Gasteiger partial charge in [0.25, 0.3) is 0 Å². The fourth-order valence-corrected chi connectivity index (χ4v) is 2.97. The van der Waals surface area contributed by atoms with E-state index in [1.807, 2.05) is 0 Å². The first-order valence-electron chi connectivity index (χ1n) is 7.90. The minimum absolute atomic E-state index is 0.327. The van der Waals surface area contributed by atoms with E-state index in [0.29, 0.717) is 11.8 Å². The van der Waals surface area contributed by atoms with Crippen molar-refractivity contribution in [3.63, 3.8) is 0 Å². The summed E-state index contributed by atoms with van der Waals surface area (Å²) in [4.78, 5) is 0. The molecule has 0 aromatic heterocycles. The quantitative estimate of drug-likeness (QED) is 0.528. The van der Waals surface area contributed by atoms with Crippen LogP contribution in [0.4, 0.5) is 0 Å². The standard InChI is InChI=1S/C15H33NO2S/c1-4-6-7-8-9-11-15(16-13-5-2)12-10-14-19(3,17)18/h15-16H,4-14H2,1-3H3. The number of sulfone groups is 1. The van der Waals surface area contributed by atoms with Crippen LogP contribution in [-0.2, 0) is 9.84 Å². The van der Waals surface area contributed by atoms with Gasteiger partial charge in [-0.1, -0.05) is 46.0 Å². The highest BCUT2D eigenvalue weighted by atomic mass is 32.2. The highest BCUT2D eigenvalue weighted by Crippen LogP contribution is 2.11. The van der Waals surface area contributed by atoms with Crippen LogP contribution < -0.4 is 5.32 Å². The summed E-state index contributed by atoms with van der Waals surface area (Å²) in [5.41, 5.74) is 0. The van der Waals surface area contributed by atoms with Crippen molar-refractivity contribution in [3.05, 3.63) is 0 Å². The third-order valence-electron chi connectivity index (χ3n) is 3.41. The zero-order chi connectivity index (χ0) is 14.6. The van der Waals surface area contributed by atoms with Crippen LogP contribution in [0.1, 0.15) is 71.6 Å². The molecule has 0 aliphatic carbocycles. The molecule has 0 radical (unpaired) electrons. The molecule has 0 rings (SSSR count). The van der Waals surface area contributed by atoms with E-state index in [1.54, 1.807) is 0 Å². The van der Waals surface area contributed by atoms with Gasteiger partial charge in [-0.3, -0.25) is 0 Å². The number of nitrogens with one attached hydrogen (secondary N) is 1. The molecule has 1 atom stereocenters. The summed E-state index contributed by atoms with van der Waals surface area (Å²) in [5, 5.41) is 3.55. The molecule has 0 aliphatic rings. The van der Waals surface area contributed by atoms with Crippen molar-refractivity contribution < 1.29 is 8.42 Å². The van der Waals surface area contributed by atoms with Crippen molar-refractivity contribution >= 4 is 9.84 Å². The van der Waals surface area contributed by atoms with Gasteiger partial charge in [0, 0.05) is 18.1 Å². The zero-order valence-corrected chi connectivity index (χ0v) is 13.9. The third kappa shape index (κ3) is 14.1. The molecule has 0 heterocycles. The van der Waals surface area contributed by atoms with E-state index in [2.05, 4.69) is 19.2 Å². The SMILES string of the molecule is CCCCCCCC(CCCS(C)(=O)=O)NCCC. The van der Waals surface area contributed by atoms with E-state index in [-0.39, 0.29) is 0 Å². The van der Waals surface area contributed by atoms with Crippen LogP contribution in [0.3, 0.4) is 0 Å². The van der Waals surface area contributed by atoms with Crippen LogP contribution in [-0.4, -0.2) is 33.0 Å². The van der Waals surface area contributed by atoms with Crippen molar-refractivity contribution in [2.45, 2.75) is 77.7 Å². The van der Waals surface area contributed by atoms with Gasteiger partial charge in [0.2, 0.25) is 0 Å². The molecule has 3 nitrogen and oxygen atoms in total. The summed E-state index contributed by atoms with van der Waals surface area (Å²) in [7, 11) is -2.80. The molecule has 0 fully saturated rings. The predicted molar refractivity (Wildman–Crippen MR) is 84.4 cm³/mol. The molecule has 4 heteroatoms. The van der Waals surface area contributed by atoms with Crippen LogP contribution in [0, 0.1) is 0 Å². The Balaban J connectivity index is 3.81. The Labute approximate surface area is 120 Å². The maximum absolute atomic E-state index is 11.1. The minimum Gasteiger partial charge on any atom is -0.314 e. The lowest BCUT2D eigenvalue weighted by Gasteiger charge is -2.18. The van der Waals surface area contributed by atoms with Gasteiger partial charge < -0.3 is 5.32 Å². The molecule has 1 unspecified atom stereocenters. The monoisotopic (exact) mass is 291 g/mol. The van der Waals surface area contributed by atoms with E-state index in [9.17, 15) is 8.42 Å². The second-order valence-corrected chi connectivity index (χ2v) is 7.89. The Morgan fingerprint density at radius 2 is 1.53 bits per heavy atom. The summed E-state index contributed by atoms with van der Waals surface area (Å²) in [5.74, 6) is 0.327. The smallest absolute Gasteiger partial charge is 0.147 e. The van der Waals surface area contributed by atoms with E-state index in [4.69, 9.17) is 0 Å². The first-order chi connectivity index (χ1) is 8.99. The molecule has 1 N–H and O–H groups in total. The summed E-state index contributed by atoms with van der Waals surface area (Å²) >= 11 is 0. The number of hydrogen-bond donors (Lipinski definition) is 1. The fraction of sp³-hybridized carbons (Fsp3) is 1.00. The van der Waals surface area contributed by atoms with Gasteiger partial charge in [0.05, 0.1) is 0 Å². The van der Waals surface area contributed by atoms with Gasteiger partial charge in [0.1, 0.15) is 9.84 Å². The summed E-state index contributed by atoms with van der Waals surface area (Å²) in [6.07, 6.45) is 12.0. The molecule has 116 valence electrons. The van der Waals surface area contributed by atoms with Gasteiger partial charge in [-0.2, -0.15) is 0 Å². The average Bonchev–Trinajstić information content (AvgIpc) is 2.33. The van der Waals surface area contributed by atoms with Crippen LogP contribution in [0.25, 0.3) is 0 Å². The normalized spacial score (nSPS) is 13.6. The molecule has 0 aromatic carbocycles. The van der Waals surface area contributed by atoms with E-state index in [1.165, 1.54) is 44.8 Å². The lowest BCUT2D eigenvalue weighted by Crippen LogP contribution is -2.30. The van der Waals surface area contributed by atoms with Gasteiger partial charge in [-0.05, 0) is 32.2 Å². The topological polar surface area (TPSA) is 46.2 Å². The Morgan fingerprint density at radius 1 is 0.895 bits per heavy atom. The molecular weight excluding hydrogens is 258 g/mol. The van der Waals surface area contributed by atoms with E-state index in [0.717, 1.165) is 25.8 Å². The van der Waals surface area contributed by atoms with Crippen LogP contribution >= 0.6 is 0 Å². The molecule has 0 aromatic rings. The van der Waals surface area contributed by atoms with Crippen molar-refractivity contribution in [1.29, 1.82) is 0 Å². The molecular formula is C15H33NO2S. The zero-order valence-electron chi connectivity index (χ0n) is 13.1. The van der Waals surface area contributed by atoms with Gasteiger partial charge in [-0.25, -0.2) is 8.42 Å². The van der Waals surface area contributed by atoms with Gasteiger partial charge in [-0.15, -0.1) is 0 Å². The molecule has 0 spiro atoms. The van der Waals surface area contributed by atoms with E-state index >= 15 is 0 Å². The number of rotatable bonds is 13. The van der Waals surface area contributed by atoms with Crippen LogP contribution in [0.15, 0.2) is 0 Å². The Hall–Kier alpha value is -0.0900. The summed E-state index contributed by atoms with van der Waals surface area (Å²) in [6, 6.07) is 0.503. The largest absolute Gasteiger partial charge is 0.314 e. The lowest BCUT2D eigenvalue weighted by atomic mass is 10.0. The number of hydrogen-bond acceptors (Lipinski definition) is 3. The maximum Gasteiger partial charge on any atom is 0.147 e. The summed E-state index contributed by atoms with van der Waals surface area (Å²) < 4.78 is 22.3. The lowest BCUT2D eigenvalue weighted by molar-refractivity contribution is 0.427. The van der Waals surface area contributed by atoms with Crippen molar-refractivity contribution in [2.75, 3.05) is 18.6 Å². The summed E-state index contributed by atoms with van der Waals surface area (Å²) in [6.45, 7) is 5.44. The first-order valence-corrected chi connectivity index (χ1v) is 9.96. The van der Waals surface area contributed by atoms with E-state index < -0.39 is 9.84 Å². The first kappa shape index (κ1) is 18.9. The fourth-order valence-electron chi connectivity index (χ4n) is 2.28. The highest BCUT2D eigenvalue weighted by Gasteiger charge is 2.09. The molecule has 0 saturated carbocycles. The molecule has 0 bridgehead atoms. The molecule has 0 saturated heterocycles. The van der Waals surface area contributed by atoms with Crippen LogP contribution in [0.2, 0.25) is 0 Å². The van der Waals surface area contributed by atoms with Gasteiger partial charge >= 0.3 is 0 Å². The average molecular weight is 292 g/mol. The van der Waals surface area contributed by atoms with Gasteiger partial charge in [0.15, 0.2) is 0 Å². The Bertz CT molecular complexity index is 289. The Kier molecular flexibility index (Phi) is 11.7. The van der Waals surface area contributed by atoms with Crippen molar-refractivity contribution in [3.8, 4) is 0 Å². The minimum atomic E-state index is -2.80. The van der Waals surface area contributed by atoms with Crippen molar-refractivity contribution in [2.24, 2.45) is 0 Å². The Morgan fingerprint density at radius 3 is 2.11 bits per heavy atom. The van der Waals surface area contributed by atoms with Crippen LogP contribution in [0.5, 0.6) is 0 Å². The highest BCUT2D eigenvalue weighted by molar-refractivity contribution is 7.90. The second kappa shape index (κ2) is 11.7. The second-order valence-electron chi connectivity index (χ2n) is 5.63. The maximum atomic E-state index is 11.1. The molecule has 0 amide bonds. The third-order valence-corrected chi connectivity index (χ3v) is 4.44. The predicted octanol–water partition coefficient (Wildman–Crippen LogP) is 3.54. The molecule has 0 aliphatic heterocycles. The van der Waals surface area contributed by atoms with Crippen molar-refractivity contribution in [1.82, 2.24) is 5.32 Å². The molecule has 19 heavy (non-hydrogen) atoms.